The Balaban J connectivity index is 2.55. The molecule has 15 heavy (non-hydrogen) atoms. The van der Waals surface area contributed by atoms with Crippen LogP contribution in [-0.2, 0) is 14.3 Å². The van der Waals surface area contributed by atoms with Gasteiger partial charge >= 0.3 is 5.97 Å². The highest BCUT2D eigenvalue weighted by Crippen LogP contribution is 2.22. The first-order valence-corrected chi connectivity index (χ1v) is 5.19. The Morgan fingerprint density at radius 1 is 1.53 bits per heavy atom. The molecule has 3 nitrogen and oxygen atoms in total. The van der Waals surface area contributed by atoms with Crippen molar-refractivity contribution in [2.24, 2.45) is 5.92 Å². The predicted molar refractivity (Wildman–Crippen MR) is 57.2 cm³/mol. The van der Waals surface area contributed by atoms with Crippen LogP contribution in [0, 0.1) is 5.92 Å². The van der Waals surface area contributed by atoms with E-state index in [9.17, 15) is 9.59 Å². The smallest absolute Gasteiger partial charge is 0.303 e. The Bertz CT molecular complexity index is 302. The first-order valence-electron chi connectivity index (χ1n) is 5.19. The number of ketones is 1. The van der Waals surface area contributed by atoms with Crippen LogP contribution >= 0.6 is 0 Å². The maximum Gasteiger partial charge on any atom is 0.303 e. The van der Waals surface area contributed by atoms with Crippen LogP contribution in [0.5, 0.6) is 0 Å². The molecule has 0 aromatic rings. The van der Waals surface area contributed by atoms with Gasteiger partial charge in [0.15, 0.2) is 5.78 Å². The van der Waals surface area contributed by atoms with Crippen molar-refractivity contribution in [1.29, 1.82) is 0 Å². The molecule has 1 aliphatic rings. The van der Waals surface area contributed by atoms with Crippen molar-refractivity contribution in [2.75, 3.05) is 0 Å². The fourth-order valence-corrected chi connectivity index (χ4v) is 1.58. The second kappa shape index (κ2) is 5.49. The highest BCUT2D eigenvalue weighted by Gasteiger charge is 2.31. The molecule has 82 valence electrons. The van der Waals surface area contributed by atoms with E-state index in [4.69, 9.17) is 4.74 Å². The molecular formula is C12H16O3. The van der Waals surface area contributed by atoms with E-state index >= 15 is 0 Å². The van der Waals surface area contributed by atoms with Crippen LogP contribution in [0.3, 0.4) is 0 Å². The van der Waals surface area contributed by atoms with E-state index in [1.807, 2.05) is 19.1 Å². The van der Waals surface area contributed by atoms with Gasteiger partial charge in [0.25, 0.3) is 0 Å². The molecule has 0 saturated heterocycles. The predicted octanol–water partition coefficient (Wildman–Crippen LogP) is 2.03. The number of hydrogen-bond donors (Lipinski definition) is 0. The molecule has 0 heterocycles. The van der Waals surface area contributed by atoms with Gasteiger partial charge < -0.3 is 4.74 Å². The molecule has 0 bridgehead atoms. The maximum atomic E-state index is 11.4. The minimum atomic E-state index is -0.378. The summed E-state index contributed by atoms with van der Waals surface area (Å²) in [7, 11) is 0. The summed E-state index contributed by atoms with van der Waals surface area (Å²) in [4.78, 5) is 22.2. The fourth-order valence-electron chi connectivity index (χ4n) is 1.58. The third-order valence-electron chi connectivity index (χ3n) is 2.31. The summed E-state index contributed by atoms with van der Waals surface area (Å²) < 4.78 is 5.04. The summed E-state index contributed by atoms with van der Waals surface area (Å²) in [5.74, 6) is -0.525. The minimum absolute atomic E-state index is 0.0435. The first kappa shape index (κ1) is 11.7. The molecule has 1 rings (SSSR count). The lowest BCUT2D eigenvalue weighted by atomic mass is 9.99. The Hall–Kier alpha value is -1.38. The maximum absolute atomic E-state index is 11.4. The average Bonchev–Trinajstić information content (AvgIpc) is 2.49. The van der Waals surface area contributed by atoms with Crippen molar-refractivity contribution in [1.82, 2.24) is 0 Å². The number of rotatable bonds is 4. The highest BCUT2D eigenvalue weighted by atomic mass is 16.5. The van der Waals surface area contributed by atoms with Crippen LogP contribution in [-0.4, -0.2) is 17.9 Å². The average molecular weight is 208 g/mol. The van der Waals surface area contributed by atoms with E-state index in [-0.39, 0.29) is 23.8 Å². The summed E-state index contributed by atoms with van der Waals surface area (Å²) in [5.41, 5.74) is 0. The quantitative estimate of drug-likeness (QED) is 0.524. The van der Waals surface area contributed by atoms with Crippen molar-refractivity contribution >= 4 is 11.8 Å². The number of hydrogen-bond acceptors (Lipinski definition) is 3. The van der Waals surface area contributed by atoms with Gasteiger partial charge in [0, 0.05) is 6.92 Å². The third kappa shape index (κ3) is 3.35. The van der Waals surface area contributed by atoms with E-state index in [1.165, 1.54) is 13.0 Å². The number of carbonyl (C=O) groups excluding carboxylic acids is 2. The Labute approximate surface area is 89.8 Å². The van der Waals surface area contributed by atoms with Gasteiger partial charge in [-0.05, 0) is 25.0 Å². The van der Waals surface area contributed by atoms with Crippen molar-refractivity contribution in [2.45, 2.75) is 32.8 Å². The van der Waals surface area contributed by atoms with Crippen LogP contribution in [0.4, 0.5) is 0 Å². The van der Waals surface area contributed by atoms with E-state index in [1.54, 1.807) is 6.08 Å². The van der Waals surface area contributed by atoms with E-state index in [0.29, 0.717) is 6.42 Å². The molecule has 2 atom stereocenters. The molecule has 0 N–H and O–H groups in total. The molecule has 3 heteroatoms. The highest BCUT2D eigenvalue weighted by molar-refractivity contribution is 5.95. The van der Waals surface area contributed by atoms with Gasteiger partial charge in [0.1, 0.15) is 6.10 Å². The van der Waals surface area contributed by atoms with Gasteiger partial charge in [-0.1, -0.05) is 19.1 Å². The molecule has 0 saturated carbocycles. The van der Waals surface area contributed by atoms with Gasteiger partial charge in [0.2, 0.25) is 0 Å². The minimum Gasteiger partial charge on any atom is -0.458 e. The normalized spacial score (nSPS) is 25.1. The lowest BCUT2D eigenvalue weighted by Gasteiger charge is -2.16. The monoisotopic (exact) mass is 208 g/mol. The molecule has 0 aromatic carbocycles. The van der Waals surface area contributed by atoms with Crippen LogP contribution < -0.4 is 0 Å². The van der Waals surface area contributed by atoms with Crippen molar-refractivity contribution < 1.29 is 14.3 Å². The van der Waals surface area contributed by atoms with E-state index in [2.05, 4.69) is 0 Å². The summed E-state index contributed by atoms with van der Waals surface area (Å²) in [5, 5.41) is 0. The van der Waals surface area contributed by atoms with E-state index in [0.717, 1.165) is 6.42 Å². The first-order chi connectivity index (χ1) is 7.15. The van der Waals surface area contributed by atoms with Crippen molar-refractivity contribution in [3.05, 3.63) is 24.3 Å². The summed E-state index contributed by atoms with van der Waals surface area (Å²) >= 11 is 0. The molecule has 2 unspecified atom stereocenters. The lowest BCUT2D eigenvalue weighted by Crippen LogP contribution is -2.24. The zero-order valence-corrected chi connectivity index (χ0v) is 9.10. The molecule has 0 amide bonds. The van der Waals surface area contributed by atoms with Crippen LogP contribution in [0.2, 0.25) is 0 Å². The molecular weight excluding hydrogens is 192 g/mol. The third-order valence-corrected chi connectivity index (χ3v) is 2.31. The Morgan fingerprint density at radius 3 is 2.87 bits per heavy atom. The molecule has 0 radical (unpaired) electrons. The number of ether oxygens (including phenoxy) is 1. The van der Waals surface area contributed by atoms with Crippen molar-refractivity contribution in [3.63, 3.8) is 0 Å². The second-order valence-electron chi connectivity index (χ2n) is 3.56. The van der Waals surface area contributed by atoms with Gasteiger partial charge in [-0.2, -0.15) is 0 Å². The van der Waals surface area contributed by atoms with Gasteiger partial charge in [-0.25, -0.2) is 0 Å². The zero-order valence-electron chi connectivity index (χ0n) is 9.10. The summed E-state index contributed by atoms with van der Waals surface area (Å²) in [6.45, 7) is 3.39. The van der Waals surface area contributed by atoms with Crippen molar-refractivity contribution in [3.8, 4) is 0 Å². The largest absolute Gasteiger partial charge is 0.458 e. The zero-order chi connectivity index (χ0) is 11.3. The Morgan fingerprint density at radius 2 is 2.27 bits per heavy atom. The standard InChI is InChI=1S/C12H16O3/c1-3-4-5-6-10-11(14)7-8-12(10)15-9(2)13/h4-5,7-8,10,12H,3,6H2,1-2H3/b5-4-. The van der Waals surface area contributed by atoms with Gasteiger partial charge in [0.05, 0.1) is 5.92 Å². The Kier molecular flexibility index (Phi) is 4.28. The van der Waals surface area contributed by atoms with Crippen LogP contribution in [0.15, 0.2) is 24.3 Å². The molecule has 1 aliphatic carbocycles. The lowest BCUT2D eigenvalue weighted by molar-refractivity contribution is -0.146. The number of carbonyl (C=O) groups is 2. The van der Waals surface area contributed by atoms with Crippen LogP contribution in [0.1, 0.15) is 26.7 Å². The summed E-state index contributed by atoms with van der Waals surface area (Å²) in [6.07, 6.45) is 8.34. The molecule has 0 spiro atoms. The SMILES string of the molecule is CC/C=C\CC1C(=O)C=CC1OC(C)=O. The molecule has 0 aromatic heterocycles. The van der Waals surface area contributed by atoms with E-state index < -0.39 is 0 Å². The van der Waals surface area contributed by atoms with Gasteiger partial charge in [-0.15, -0.1) is 0 Å². The number of esters is 1. The topological polar surface area (TPSA) is 43.4 Å². The fraction of sp³-hybridized carbons (Fsp3) is 0.500. The van der Waals surface area contributed by atoms with Crippen LogP contribution in [0.25, 0.3) is 0 Å². The molecule has 0 fully saturated rings. The summed E-state index contributed by atoms with van der Waals surface area (Å²) in [6, 6.07) is 0. The van der Waals surface area contributed by atoms with Gasteiger partial charge in [-0.3, -0.25) is 9.59 Å². The number of allylic oxidation sites excluding steroid dienone is 3. The molecule has 0 aliphatic heterocycles. The second-order valence-corrected chi connectivity index (χ2v) is 3.56.